The van der Waals surface area contributed by atoms with E-state index in [9.17, 15) is 0 Å². The summed E-state index contributed by atoms with van der Waals surface area (Å²) in [4.78, 5) is 12.4. The zero-order valence-electron chi connectivity index (χ0n) is 12.1. The smallest absolute Gasteiger partial charge is 0.222 e. The molecule has 0 unspecified atom stereocenters. The maximum absolute atomic E-state index is 5.92. The monoisotopic (exact) mass is 331 g/mol. The van der Waals surface area contributed by atoms with Gasteiger partial charge in [-0.3, -0.25) is 4.57 Å². The third-order valence-electron chi connectivity index (χ3n) is 3.10. The number of anilines is 1. The molecule has 0 aliphatic carbocycles. The Bertz CT molecular complexity index is 810. The molecule has 2 N–H and O–H groups in total. The Labute approximate surface area is 137 Å². The number of halogens is 1. The van der Waals surface area contributed by atoms with Crippen LogP contribution in [0.15, 0.2) is 46.8 Å². The Kier molecular flexibility index (Phi) is 4.04. The number of nitrogen functional groups attached to an aromatic ring is 1. The number of aryl methyl sites for hydroxylation is 2. The van der Waals surface area contributed by atoms with E-state index in [1.165, 1.54) is 22.9 Å². The molecule has 0 aliphatic heterocycles. The molecule has 1 aromatic carbocycles. The molecular formula is C15H14ClN5S. The SMILES string of the molecule is Cc1ccc(-n2ccnc2Sc2cc(Cl)nc(N)n2)c(C)c1. The van der Waals surface area contributed by atoms with Gasteiger partial charge in [-0.2, -0.15) is 0 Å². The fourth-order valence-corrected chi connectivity index (χ4v) is 3.31. The highest BCUT2D eigenvalue weighted by Gasteiger charge is 2.11. The van der Waals surface area contributed by atoms with E-state index < -0.39 is 0 Å². The highest BCUT2D eigenvalue weighted by molar-refractivity contribution is 7.99. The molecule has 22 heavy (non-hydrogen) atoms. The topological polar surface area (TPSA) is 69.6 Å². The number of hydrogen-bond donors (Lipinski definition) is 1. The zero-order chi connectivity index (χ0) is 15.7. The van der Waals surface area contributed by atoms with Crippen LogP contribution in [0.4, 0.5) is 5.95 Å². The predicted octanol–water partition coefficient (Wildman–Crippen LogP) is 3.67. The summed E-state index contributed by atoms with van der Waals surface area (Å²) in [5, 5.41) is 1.77. The average molecular weight is 332 g/mol. The second kappa shape index (κ2) is 5.98. The standard InChI is InChI=1S/C15H14ClN5S/c1-9-3-4-11(10(2)7-9)21-6-5-18-15(21)22-13-8-12(16)19-14(17)20-13/h3-8H,1-2H3,(H2,17,19,20). The summed E-state index contributed by atoms with van der Waals surface area (Å²) in [6.45, 7) is 4.16. The number of aromatic nitrogens is 4. The Morgan fingerprint density at radius 2 is 2.00 bits per heavy atom. The van der Waals surface area contributed by atoms with E-state index in [0.29, 0.717) is 10.2 Å². The molecule has 2 heterocycles. The Hall–Kier alpha value is -2.05. The van der Waals surface area contributed by atoms with Crippen molar-refractivity contribution in [1.29, 1.82) is 0 Å². The summed E-state index contributed by atoms with van der Waals surface area (Å²) in [6, 6.07) is 7.97. The molecule has 0 saturated carbocycles. The normalized spacial score (nSPS) is 10.9. The fraction of sp³-hybridized carbons (Fsp3) is 0.133. The van der Waals surface area contributed by atoms with Gasteiger partial charge in [-0.1, -0.05) is 29.3 Å². The van der Waals surface area contributed by atoms with Crippen LogP contribution in [0.5, 0.6) is 0 Å². The third-order valence-corrected chi connectivity index (χ3v) is 4.20. The average Bonchev–Trinajstić information content (AvgIpc) is 2.85. The molecule has 7 heteroatoms. The van der Waals surface area contributed by atoms with Crippen molar-refractivity contribution in [2.45, 2.75) is 24.0 Å². The lowest BCUT2D eigenvalue weighted by Crippen LogP contribution is -2.00. The van der Waals surface area contributed by atoms with Gasteiger partial charge in [0.2, 0.25) is 5.95 Å². The van der Waals surface area contributed by atoms with Gasteiger partial charge in [-0.05, 0) is 37.2 Å². The lowest BCUT2D eigenvalue weighted by atomic mass is 10.1. The van der Waals surface area contributed by atoms with Crippen molar-refractivity contribution in [2.24, 2.45) is 0 Å². The van der Waals surface area contributed by atoms with Crippen LogP contribution < -0.4 is 5.73 Å². The van der Waals surface area contributed by atoms with Gasteiger partial charge in [0.05, 0.1) is 5.69 Å². The predicted molar refractivity (Wildman–Crippen MR) is 88.6 cm³/mol. The first kappa shape index (κ1) is 14.9. The molecule has 0 atom stereocenters. The van der Waals surface area contributed by atoms with Gasteiger partial charge < -0.3 is 5.73 Å². The van der Waals surface area contributed by atoms with E-state index in [1.54, 1.807) is 12.3 Å². The highest BCUT2D eigenvalue weighted by Crippen LogP contribution is 2.29. The molecule has 2 aromatic heterocycles. The van der Waals surface area contributed by atoms with E-state index in [0.717, 1.165) is 10.8 Å². The van der Waals surface area contributed by atoms with Gasteiger partial charge in [0.15, 0.2) is 5.16 Å². The van der Waals surface area contributed by atoms with Crippen LogP contribution >= 0.6 is 23.4 Å². The van der Waals surface area contributed by atoms with Gasteiger partial charge >= 0.3 is 0 Å². The van der Waals surface area contributed by atoms with Gasteiger partial charge in [-0.15, -0.1) is 0 Å². The summed E-state index contributed by atoms with van der Waals surface area (Å²) in [5.41, 5.74) is 9.12. The van der Waals surface area contributed by atoms with Crippen LogP contribution in [0.2, 0.25) is 5.15 Å². The molecule has 0 radical (unpaired) electrons. The minimum atomic E-state index is 0.152. The molecule has 0 fully saturated rings. The van der Waals surface area contributed by atoms with Crippen molar-refractivity contribution in [3.05, 3.63) is 52.9 Å². The van der Waals surface area contributed by atoms with Crippen LogP contribution in [0.3, 0.4) is 0 Å². The minimum Gasteiger partial charge on any atom is -0.368 e. The summed E-state index contributed by atoms with van der Waals surface area (Å²) in [7, 11) is 0. The van der Waals surface area contributed by atoms with Crippen LogP contribution in [-0.2, 0) is 0 Å². The lowest BCUT2D eigenvalue weighted by molar-refractivity contribution is 0.883. The highest BCUT2D eigenvalue weighted by atomic mass is 35.5. The molecular weight excluding hydrogens is 318 g/mol. The van der Waals surface area contributed by atoms with Crippen LogP contribution in [0.25, 0.3) is 5.69 Å². The molecule has 3 rings (SSSR count). The van der Waals surface area contributed by atoms with Crippen molar-refractivity contribution in [3.63, 3.8) is 0 Å². The van der Waals surface area contributed by atoms with E-state index in [2.05, 4.69) is 47.0 Å². The maximum Gasteiger partial charge on any atom is 0.222 e. The van der Waals surface area contributed by atoms with Crippen molar-refractivity contribution in [1.82, 2.24) is 19.5 Å². The molecule has 112 valence electrons. The fourth-order valence-electron chi connectivity index (χ4n) is 2.18. The molecule has 0 bridgehead atoms. The molecule has 0 aliphatic rings. The molecule has 3 aromatic rings. The number of benzene rings is 1. The van der Waals surface area contributed by atoms with Crippen molar-refractivity contribution in [3.8, 4) is 5.69 Å². The lowest BCUT2D eigenvalue weighted by Gasteiger charge is -2.11. The quantitative estimate of drug-likeness (QED) is 0.741. The Morgan fingerprint density at radius 1 is 1.18 bits per heavy atom. The number of nitrogens with two attached hydrogens (primary N) is 1. The van der Waals surface area contributed by atoms with Crippen molar-refractivity contribution < 1.29 is 0 Å². The van der Waals surface area contributed by atoms with Crippen LogP contribution in [0.1, 0.15) is 11.1 Å². The van der Waals surface area contributed by atoms with Crippen molar-refractivity contribution >= 4 is 29.3 Å². The van der Waals surface area contributed by atoms with Gasteiger partial charge in [-0.25, -0.2) is 15.0 Å². The van der Waals surface area contributed by atoms with E-state index >= 15 is 0 Å². The second-order valence-electron chi connectivity index (χ2n) is 4.86. The van der Waals surface area contributed by atoms with E-state index in [1.807, 2.05) is 10.8 Å². The Balaban J connectivity index is 1.98. The zero-order valence-corrected chi connectivity index (χ0v) is 13.7. The van der Waals surface area contributed by atoms with Gasteiger partial charge in [0.25, 0.3) is 0 Å². The Morgan fingerprint density at radius 3 is 2.73 bits per heavy atom. The summed E-state index contributed by atoms with van der Waals surface area (Å²) >= 11 is 7.31. The first-order valence-corrected chi connectivity index (χ1v) is 7.81. The van der Waals surface area contributed by atoms with Crippen LogP contribution in [-0.4, -0.2) is 19.5 Å². The van der Waals surface area contributed by atoms with Gasteiger partial charge in [0, 0.05) is 18.5 Å². The molecule has 5 nitrogen and oxygen atoms in total. The maximum atomic E-state index is 5.92. The largest absolute Gasteiger partial charge is 0.368 e. The third kappa shape index (κ3) is 3.08. The first-order chi connectivity index (χ1) is 10.5. The van der Waals surface area contributed by atoms with Crippen molar-refractivity contribution in [2.75, 3.05) is 5.73 Å². The number of hydrogen-bond acceptors (Lipinski definition) is 5. The molecule has 0 saturated heterocycles. The number of nitrogens with zero attached hydrogens (tertiary/aromatic N) is 4. The molecule has 0 spiro atoms. The molecule has 0 amide bonds. The van der Waals surface area contributed by atoms with E-state index in [-0.39, 0.29) is 5.95 Å². The minimum absolute atomic E-state index is 0.152. The summed E-state index contributed by atoms with van der Waals surface area (Å²) in [5.74, 6) is 0.152. The summed E-state index contributed by atoms with van der Waals surface area (Å²) < 4.78 is 2.02. The first-order valence-electron chi connectivity index (χ1n) is 6.62. The number of imidazole rings is 1. The van der Waals surface area contributed by atoms with Crippen LogP contribution in [0, 0.1) is 13.8 Å². The summed E-state index contributed by atoms with van der Waals surface area (Å²) in [6.07, 6.45) is 3.68. The number of rotatable bonds is 3. The van der Waals surface area contributed by atoms with E-state index in [4.69, 9.17) is 17.3 Å². The van der Waals surface area contributed by atoms with Gasteiger partial charge in [0.1, 0.15) is 10.2 Å². The second-order valence-corrected chi connectivity index (χ2v) is 6.23.